The first-order chi connectivity index (χ1) is 10.2. The molecule has 0 atom stereocenters. The van der Waals surface area contributed by atoms with E-state index in [1.807, 2.05) is 0 Å². The molecule has 0 saturated carbocycles. The van der Waals surface area contributed by atoms with E-state index in [0.29, 0.717) is 6.17 Å². The lowest BCUT2D eigenvalue weighted by atomic mass is 10.1. The first kappa shape index (κ1) is 15.9. The van der Waals surface area contributed by atoms with E-state index in [2.05, 4.69) is 67.8 Å². The van der Waals surface area contributed by atoms with E-state index in [-0.39, 0.29) is 0 Å². The maximum atomic E-state index is 2.60. The highest BCUT2D eigenvalue weighted by Gasteiger charge is 2.34. The van der Waals surface area contributed by atoms with Gasteiger partial charge in [-0.2, -0.15) is 0 Å². The highest BCUT2D eigenvalue weighted by Crippen LogP contribution is 2.39. The van der Waals surface area contributed by atoms with Crippen molar-refractivity contribution in [3.63, 3.8) is 0 Å². The summed E-state index contributed by atoms with van der Waals surface area (Å²) in [7, 11) is 0. The van der Waals surface area contributed by atoms with E-state index < -0.39 is 0 Å². The molecule has 0 unspecified atom stereocenters. The third-order valence-electron chi connectivity index (χ3n) is 4.58. The van der Waals surface area contributed by atoms with E-state index >= 15 is 0 Å². The van der Waals surface area contributed by atoms with Crippen molar-refractivity contribution in [2.75, 3.05) is 13.1 Å². The molecule has 1 heterocycles. The molecule has 0 spiro atoms. The van der Waals surface area contributed by atoms with Crippen LogP contribution < -0.4 is 0 Å². The minimum atomic E-state index is 0.393. The van der Waals surface area contributed by atoms with Gasteiger partial charge in [-0.3, -0.25) is 0 Å². The Morgan fingerprint density at radius 1 is 0.810 bits per heavy atom. The first-order valence-electron chi connectivity index (χ1n) is 8.46. The molecular weight excluding hydrogens is 256 g/mol. The highest BCUT2D eigenvalue weighted by molar-refractivity contribution is 5.27. The van der Waals surface area contributed by atoms with Gasteiger partial charge in [-0.25, -0.2) is 0 Å². The molecule has 0 N–H and O–H groups in total. The van der Waals surface area contributed by atoms with Gasteiger partial charge in [-0.05, 0) is 32.3 Å². The summed E-state index contributed by atoms with van der Waals surface area (Å²) < 4.78 is 0. The number of rotatable bonds is 7. The van der Waals surface area contributed by atoms with Crippen molar-refractivity contribution in [2.24, 2.45) is 0 Å². The second-order valence-corrected chi connectivity index (χ2v) is 6.05. The van der Waals surface area contributed by atoms with Gasteiger partial charge in [-0.1, -0.05) is 57.0 Å². The molecule has 1 aromatic carbocycles. The zero-order chi connectivity index (χ0) is 15.2. The van der Waals surface area contributed by atoms with Crippen LogP contribution >= 0.6 is 0 Å². The van der Waals surface area contributed by atoms with Gasteiger partial charge in [0.25, 0.3) is 0 Å². The van der Waals surface area contributed by atoms with Crippen molar-refractivity contribution >= 4 is 0 Å². The van der Waals surface area contributed by atoms with Crippen LogP contribution in [0.5, 0.6) is 0 Å². The number of hydrogen-bond donors (Lipinski definition) is 0. The smallest absolute Gasteiger partial charge is 0.128 e. The molecule has 0 fully saturated rings. The van der Waals surface area contributed by atoms with Crippen LogP contribution in [-0.4, -0.2) is 22.9 Å². The lowest BCUT2D eigenvalue weighted by molar-refractivity contribution is 0.136. The van der Waals surface area contributed by atoms with E-state index in [1.54, 1.807) is 0 Å². The van der Waals surface area contributed by atoms with Crippen molar-refractivity contribution in [3.8, 4) is 0 Å². The summed E-state index contributed by atoms with van der Waals surface area (Å²) >= 11 is 0. The van der Waals surface area contributed by atoms with E-state index in [0.717, 1.165) is 13.1 Å². The van der Waals surface area contributed by atoms with E-state index in [4.69, 9.17) is 0 Å². The molecule has 0 aliphatic carbocycles. The molecule has 0 aromatic heterocycles. The molecule has 1 aliphatic heterocycles. The lowest BCUT2D eigenvalue weighted by Crippen LogP contribution is -2.33. The molecular formula is C19H30N2. The van der Waals surface area contributed by atoms with Crippen molar-refractivity contribution < 1.29 is 0 Å². The normalized spacial score (nSPS) is 16.2. The third-order valence-corrected chi connectivity index (χ3v) is 4.58. The maximum Gasteiger partial charge on any atom is 0.128 e. The average Bonchev–Trinajstić information content (AvgIpc) is 2.76. The van der Waals surface area contributed by atoms with Crippen molar-refractivity contribution in [1.82, 2.24) is 9.80 Å². The van der Waals surface area contributed by atoms with Gasteiger partial charge in [0.2, 0.25) is 0 Å². The Morgan fingerprint density at radius 3 is 1.71 bits per heavy atom. The largest absolute Gasteiger partial charge is 0.350 e. The molecule has 1 aliphatic rings. The number of allylic oxidation sites excluding steroid dienone is 2. The highest BCUT2D eigenvalue weighted by atomic mass is 15.4. The predicted octanol–water partition coefficient (Wildman–Crippen LogP) is 5.15. The summed E-state index contributed by atoms with van der Waals surface area (Å²) in [4.78, 5) is 5.20. The monoisotopic (exact) mass is 286 g/mol. The van der Waals surface area contributed by atoms with Gasteiger partial charge in [-0.15, -0.1) is 0 Å². The van der Waals surface area contributed by atoms with Crippen LogP contribution in [0.3, 0.4) is 0 Å². The molecule has 2 heteroatoms. The zero-order valence-corrected chi connectivity index (χ0v) is 14.1. The fourth-order valence-corrected chi connectivity index (χ4v) is 3.17. The number of hydrogen-bond acceptors (Lipinski definition) is 2. The molecule has 0 saturated heterocycles. The molecule has 0 bridgehead atoms. The molecule has 0 amide bonds. The second kappa shape index (κ2) is 7.53. The first-order valence-corrected chi connectivity index (χ1v) is 8.46. The summed E-state index contributed by atoms with van der Waals surface area (Å²) in [5, 5.41) is 0. The quantitative estimate of drug-likeness (QED) is 0.683. The summed E-state index contributed by atoms with van der Waals surface area (Å²) in [6, 6.07) is 11.0. The number of unbranched alkanes of at least 4 members (excludes halogenated alkanes) is 2. The van der Waals surface area contributed by atoms with Crippen LogP contribution in [0.2, 0.25) is 0 Å². The van der Waals surface area contributed by atoms with E-state index in [1.165, 1.54) is 42.6 Å². The second-order valence-electron chi connectivity index (χ2n) is 6.05. The molecule has 0 radical (unpaired) electrons. The SMILES string of the molecule is CCCCN1C(C)=C(C)N(CCCC)C1c1ccccc1. The fourth-order valence-electron chi connectivity index (χ4n) is 3.17. The Kier molecular flexibility index (Phi) is 5.72. The van der Waals surface area contributed by atoms with Crippen LogP contribution in [0.4, 0.5) is 0 Å². The Morgan fingerprint density at radius 2 is 1.29 bits per heavy atom. The lowest BCUT2D eigenvalue weighted by Gasteiger charge is -2.35. The van der Waals surface area contributed by atoms with Crippen LogP contribution in [0.1, 0.15) is 65.1 Å². The van der Waals surface area contributed by atoms with Crippen LogP contribution in [0.25, 0.3) is 0 Å². The summed E-state index contributed by atoms with van der Waals surface area (Å²) in [5.41, 5.74) is 4.32. The van der Waals surface area contributed by atoms with Gasteiger partial charge in [0, 0.05) is 24.5 Å². The predicted molar refractivity (Wildman–Crippen MR) is 90.8 cm³/mol. The van der Waals surface area contributed by atoms with Crippen LogP contribution in [-0.2, 0) is 0 Å². The standard InChI is InChI=1S/C19H30N2/c1-5-7-14-20-16(3)17(4)21(15-8-6-2)19(20)18-12-10-9-11-13-18/h9-13,19H,5-8,14-15H2,1-4H3. The Hall–Kier alpha value is -1.44. The Balaban J connectivity index is 2.29. The topological polar surface area (TPSA) is 6.48 Å². The van der Waals surface area contributed by atoms with Gasteiger partial charge < -0.3 is 9.80 Å². The Bertz CT molecular complexity index is 440. The Labute approximate surface area is 130 Å². The minimum Gasteiger partial charge on any atom is -0.350 e. The summed E-state index contributed by atoms with van der Waals surface area (Å²) in [6.07, 6.45) is 5.41. The van der Waals surface area contributed by atoms with Gasteiger partial charge in [0.05, 0.1) is 0 Å². The van der Waals surface area contributed by atoms with E-state index in [9.17, 15) is 0 Å². The molecule has 2 rings (SSSR count). The van der Waals surface area contributed by atoms with Crippen molar-refractivity contribution in [2.45, 2.75) is 59.5 Å². The van der Waals surface area contributed by atoms with Gasteiger partial charge in [0.15, 0.2) is 0 Å². The maximum absolute atomic E-state index is 2.60. The fraction of sp³-hybridized carbons (Fsp3) is 0.579. The van der Waals surface area contributed by atoms with Crippen molar-refractivity contribution in [1.29, 1.82) is 0 Å². The molecule has 2 nitrogen and oxygen atoms in total. The number of benzene rings is 1. The third kappa shape index (κ3) is 3.42. The average molecular weight is 286 g/mol. The summed E-state index contributed by atoms with van der Waals surface area (Å²) in [6.45, 7) is 11.4. The zero-order valence-electron chi connectivity index (χ0n) is 14.1. The molecule has 116 valence electrons. The number of nitrogens with zero attached hydrogens (tertiary/aromatic N) is 2. The molecule has 1 aromatic rings. The van der Waals surface area contributed by atoms with Crippen LogP contribution in [0, 0.1) is 0 Å². The van der Waals surface area contributed by atoms with Crippen LogP contribution in [0.15, 0.2) is 41.7 Å². The van der Waals surface area contributed by atoms with Gasteiger partial charge in [0.1, 0.15) is 6.17 Å². The molecule has 21 heavy (non-hydrogen) atoms. The minimum absolute atomic E-state index is 0.393. The van der Waals surface area contributed by atoms with Gasteiger partial charge >= 0.3 is 0 Å². The summed E-state index contributed by atoms with van der Waals surface area (Å²) in [5.74, 6) is 0. The van der Waals surface area contributed by atoms with Crippen molar-refractivity contribution in [3.05, 3.63) is 47.3 Å².